The maximum atomic E-state index is 13.3. The Morgan fingerprint density at radius 3 is 2.41 bits per heavy atom. The zero-order valence-corrected chi connectivity index (χ0v) is 26.9. The minimum absolute atomic E-state index is 0.0110. The molecule has 0 N–H and O–H groups in total. The molecule has 0 bridgehead atoms. The number of amidine groups is 1. The molecule has 1 aromatic heterocycles. The van der Waals surface area contributed by atoms with Crippen molar-refractivity contribution in [3.05, 3.63) is 84.2 Å². The van der Waals surface area contributed by atoms with Gasteiger partial charge < -0.3 is 14.4 Å². The number of amides is 1. The van der Waals surface area contributed by atoms with Crippen molar-refractivity contribution in [2.75, 3.05) is 24.3 Å². The highest BCUT2D eigenvalue weighted by atomic mass is 32.2. The zero-order valence-electron chi connectivity index (χ0n) is 26.1. The van der Waals surface area contributed by atoms with Gasteiger partial charge in [0, 0.05) is 30.0 Å². The van der Waals surface area contributed by atoms with Crippen LogP contribution in [-0.4, -0.2) is 51.6 Å². The predicted molar refractivity (Wildman–Crippen MR) is 175 cm³/mol. The van der Waals surface area contributed by atoms with E-state index in [2.05, 4.69) is 57.6 Å². The number of carbonyl (C=O) groups excluding carboxylic acids is 1. The van der Waals surface area contributed by atoms with E-state index in [0.717, 1.165) is 58.4 Å². The molecule has 4 aromatic rings. The number of halogens is 3. The first kappa shape index (κ1) is 33.1. The second-order valence-electron chi connectivity index (χ2n) is 11.2. The van der Waals surface area contributed by atoms with Gasteiger partial charge in [0.05, 0.1) is 12.8 Å². The van der Waals surface area contributed by atoms with Gasteiger partial charge in [0.2, 0.25) is 5.91 Å². The van der Waals surface area contributed by atoms with E-state index in [9.17, 15) is 18.0 Å². The Morgan fingerprint density at radius 1 is 1.04 bits per heavy atom. The van der Waals surface area contributed by atoms with Crippen LogP contribution >= 0.6 is 11.8 Å². The molecule has 1 unspecified atom stereocenters. The normalized spacial score (nSPS) is 15.3. The van der Waals surface area contributed by atoms with Gasteiger partial charge in [-0.1, -0.05) is 56.8 Å². The summed E-state index contributed by atoms with van der Waals surface area (Å²) in [5.74, 6) is 1.98. The lowest BCUT2D eigenvalue weighted by Gasteiger charge is -2.32. The van der Waals surface area contributed by atoms with Crippen molar-refractivity contribution in [3.63, 3.8) is 0 Å². The molecule has 1 aliphatic rings. The molecular formula is C34H36F3N5O3S. The number of thioether (sulfide) groups is 1. The number of benzene rings is 3. The minimum atomic E-state index is -4.75. The van der Waals surface area contributed by atoms with Crippen LogP contribution in [0.15, 0.2) is 78.0 Å². The van der Waals surface area contributed by atoms with Gasteiger partial charge in [-0.25, -0.2) is 9.67 Å². The molecular weight excluding hydrogens is 615 g/mol. The van der Waals surface area contributed by atoms with E-state index in [0.29, 0.717) is 11.5 Å². The Kier molecular flexibility index (Phi) is 10.4. The Hall–Kier alpha value is -4.32. The summed E-state index contributed by atoms with van der Waals surface area (Å²) < 4.78 is 48.3. The van der Waals surface area contributed by atoms with Crippen LogP contribution in [0.5, 0.6) is 11.5 Å². The van der Waals surface area contributed by atoms with E-state index in [1.807, 2.05) is 30.3 Å². The van der Waals surface area contributed by atoms with Crippen LogP contribution in [0.4, 0.5) is 18.9 Å². The molecule has 1 aliphatic heterocycles. The molecule has 5 rings (SSSR count). The van der Waals surface area contributed by atoms with Crippen molar-refractivity contribution < 1.29 is 27.4 Å². The molecule has 0 saturated carbocycles. The summed E-state index contributed by atoms with van der Waals surface area (Å²) in [6.07, 6.45) is -1.20. The lowest BCUT2D eigenvalue weighted by molar-refractivity contribution is -0.274. The van der Waals surface area contributed by atoms with Crippen LogP contribution < -0.4 is 14.4 Å². The predicted octanol–water partition coefficient (Wildman–Crippen LogP) is 8.37. The molecule has 1 atom stereocenters. The van der Waals surface area contributed by atoms with Crippen molar-refractivity contribution in [3.8, 4) is 28.6 Å². The molecule has 8 nitrogen and oxygen atoms in total. The molecule has 2 heterocycles. The average Bonchev–Trinajstić information content (AvgIpc) is 3.54. The third-order valence-electron chi connectivity index (χ3n) is 7.74. The lowest BCUT2D eigenvalue weighted by Crippen LogP contribution is -2.35. The summed E-state index contributed by atoms with van der Waals surface area (Å²) in [6.45, 7) is 7.15. The maximum absolute atomic E-state index is 13.3. The smallest absolute Gasteiger partial charge is 0.497 e. The number of carbonyl (C=O) groups is 1. The fourth-order valence-electron chi connectivity index (χ4n) is 5.33. The van der Waals surface area contributed by atoms with Crippen molar-refractivity contribution in [1.82, 2.24) is 14.8 Å². The number of ether oxygens (including phenoxy) is 2. The zero-order chi connectivity index (χ0) is 32.8. The molecule has 0 spiro atoms. The Bertz CT molecular complexity index is 1670. The third kappa shape index (κ3) is 8.09. The standard InChI is InChI=1S/C34H36F3N5O3S/c1-5-23(19-31(43)39-33-41(17-6-18-46-33)30-16-15-28(44-4)20-29(30)22(2)3)24-7-9-25(10-8-24)32-38-21-42(40-32)26-11-13-27(14-12-26)45-34(35,36)37/h7-16,20-23H,5-6,17-19H2,1-4H3. The lowest BCUT2D eigenvalue weighted by atomic mass is 9.92. The number of aromatic nitrogens is 3. The van der Waals surface area contributed by atoms with Crippen LogP contribution in [-0.2, 0) is 4.79 Å². The van der Waals surface area contributed by atoms with Crippen LogP contribution in [0, 0.1) is 0 Å². The monoisotopic (exact) mass is 651 g/mol. The van der Waals surface area contributed by atoms with Crippen molar-refractivity contribution in [2.45, 2.75) is 58.2 Å². The highest BCUT2D eigenvalue weighted by Crippen LogP contribution is 2.35. The van der Waals surface area contributed by atoms with Crippen LogP contribution in [0.1, 0.15) is 63.0 Å². The van der Waals surface area contributed by atoms with Gasteiger partial charge in [0.25, 0.3) is 0 Å². The van der Waals surface area contributed by atoms with Crippen molar-refractivity contribution >= 4 is 28.5 Å². The first-order valence-corrected chi connectivity index (χ1v) is 16.1. The van der Waals surface area contributed by atoms with E-state index in [-0.39, 0.29) is 29.9 Å². The number of methoxy groups -OCH3 is 1. The summed E-state index contributed by atoms with van der Waals surface area (Å²) in [7, 11) is 1.66. The molecule has 12 heteroatoms. The van der Waals surface area contributed by atoms with Crippen molar-refractivity contribution in [2.24, 2.45) is 4.99 Å². The molecule has 1 fully saturated rings. The molecule has 242 valence electrons. The average molecular weight is 652 g/mol. The van der Waals surface area contributed by atoms with E-state index in [1.165, 1.54) is 35.3 Å². The second kappa shape index (κ2) is 14.4. The maximum Gasteiger partial charge on any atom is 0.573 e. The van der Waals surface area contributed by atoms with Crippen LogP contribution in [0.3, 0.4) is 0 Å². The van der Waals surface area contributed by atoms with Gasteiger partial charge in [-0.05, 0) is 78.3 Å². The number of nitrogens with zero attached hydrogens (tertiary/aromatic N) is 5. The SMILES string of the molecule is CCC(CC(=O)N=C1SCCCN1c1ccc(OC)cc1C(C)C)c1ccc(-c2ncn(-c3ccc(OC(F)(F)F)cc3)n2)cc1. The minimum Gasteiger partial charge on any atom is -0.497 e. The van der Waals surface area contributed by atoms with E-state index < -0.39 is 6.36 Å². The highest BCUT2D eigenvalue weighted by Gasteiger charge is 2.31. The summed E-state index contributed by atoms with van der Waals surface area (Å²) in [5.41, 5.74) is 4.54. The molecule has 1 amide bonds. The molecule has 0 aliphatic carbocycles. The summed E-state index contributed by atoms with van der Waals surface area (Å²) in [5, 5.41) is 5.21. The summed E-state index contributed by atoms with van der Waals surface area (Å²) >= 11 is 1.61. The Morgan fingerprint density at radius 2 is 1.76 bits per heavy atom. The number of hydrogen-bond acceptors (Lipinski definition) is 6. The fourth-order valence-corrected chi connectivity index (χ4v) is 6.30. The molecule has 3 aromatic carbocycles. The second-order valence-corrected chi connectivity index (χ2v) is 12.3. The number of aliphatic imine (C=N–C) groups is 1. The van der Waals surface area contributed by atoms with Crippen LogP contribution in [0.2, 0.25) is 0 Å². The summed E-state index contributed by atoms with van der Waals surface area (Å²) in [6, 6.07) is 19.2. The first-order valence-electron chi connectivity index (χ1n) is 15.1. The van der Waals surface area contributed by atoms with E-state index in [1.54, 1.807) is 18.9 Å². The topological polar surface area (TPSA) is 81.8 Å². The Balaban J connectivity index is 1.27. The first-order chi connectivity index (χ1) is 22.0. The number of hydrogen-bond donors (Lipinski definition) is 0. The molecule has 0 radical (unpaired) electrons. The largest absolute Gasteiger partial charge is 0.573 e. The molecule has 46 heavy (non-hydrogen) atoms. The highest BCUT2D eigenvalue weighted by molar-refractivity contribution is 8.14. The Labute approximate surface area is 270 Å². The number of rotatable bonds is 10. The van der Waals surface area contributed by atoms with Gasteiger partial charge in [-0.3, -0.25) is 4.79 Å². The fraction of sp³-hybridized carbons (Fsp3) is 0.353. The van der Waals surface area contributed by atoms with Gasteiger partial charge in [0.1, 0.15) is 17.8 Å². The quantitative estimate of drug-likeness (QED) is 0.170. The number of anilines is 1. The van der Waals surface area contributed by atoms with Gasteiger partial charge in [0.15, 0.2) is 11.0 Å². The summed E-state index contributed by atoms with van der Waals surface area (Å²) in [4.78, 5) is 24.5. The third-order valence-corrected chi connectivity index (χ3v) is 8.80. The van der Waals surface area contributed by atoms with E-state index in [4.69, 9.17) is 4.74 Å². The van der Waals surface area contributed by atoms with Gasteiger partial charge in [-0.2, -0.15) is 4.99 Å². The van der Waals surface area contributed by atoms with E-state index >= 15 is 0 Å². The van der Waals surface area contributed by atoms with Crippen LogP contribution in [0.25, 0.3) is 17.1 Å². The molecule has 1 saturated heterocycles. The van der Waals surface area contributed by atoms with Gasteiger partial charge >= 0.3 is 6.36 Å². The van der Waals surface area contributed by atoms with Gasteiger partial charge in [-0.15, -0.1) is 18.3 Å². The number of alkyl halides is 3. The van der Waals surface area contributed by atoms with Crippen molar-refractivity contribution in [1.29, 1.82) is 0 Å².